The number of nitrogens with one attached hydrogen (secondary N) is 1. The molecule has 2 amide bonds. The summed E-state index contributed by atoms with van der Waals surface area (Å²) in [5.74, 6) is -0.745. The maximum absolute atomic E-state index is 13.2. The molecule has 2 saturated heterocycles. The first-order valence-electron chi connectivity index (χ1n) is 10.6. The van der Waals surface area contributed by atoms with E-state index < -0.39 is 23.3 Å². The van der Waals surface area contributed by atoms with Crippen LogP contribution in [-0.2, 0) is 24.0 Å². The van der Waals surface area contributed by atoms with Crippen LogP contribution >= 0.6 is 57.8 Å². The second-order valence-electron chi connectivity index (χ2n) is 8.06. The molecule has 3 atom stereocenters. The Hall–Kier alpha value is -2.40. The summed E-state index contributed by atoms with van der Waals surface area (Å²) >= 11 is 11.1. The Bertz CT molecular complexity index is 1250. The number of aromatic nitrogens is 3. The van der Waals surface area contributed by atoms with Crippen molar-refractivity contribution in [3.63, 3.8) is 0 Å². The summed E-state index contributed by atoms with van der Waals surface area (Å²) < 4.78 is 6.11. The topological polar surface area (TPSA) is 162 Å². The number of halogens is 1. The fraction of sp³-hybridized carbons (Fsp3) is 0.450. The Labute approximate surface area is 233 Å². The van der Waals surface area contributed by atoms with E-state index in [4.69, 9.17) is 26.9 Å². The van der Waals surface area contributed by atoms with Gasteiger partial charge in [-0.15, -0.1) is 33.3 Å². The van der Waals surface area contributed by atoms with Gasteiger partial charge in [0.15, 0.2) is 15.2 Å². The van der Waals surface area contributed by atoms with Crippen LogP contribution in [0.4, 0.5) is 5.13 Å². The number of anilines is 1. The van der Waals surface area contributed by atoms with Crippen molar-refractivity contribution in [1.82, 2.24) is 25.4 Å². The molecule has 17 heteroatoms. The van der Waals surface area contributed by atoms with Crippen molar-refractivity contribution >= 4 is 86.4 Å². The van der Waals surface area contributed by atoms with E-state index in [0.717, 1.165) is 16.3 Å². The molecule has 2 unspecified atom stereocenters. The lowest BCUT2D eigenvalue weighted by Gasteiger charge is -2.54. The van der Waals surface area contributed by atoms with Gasteiger partial charge in [0.2, 0.25) is 5.91 Å². The molecule has 0 radical (unpaired) electrons. The van der Waals surface area contributed by atoms with E-state index in [2.05, 4.69) is 32.2 Å². The molecular weight excluding hydrogens is 582 g/mol. The van der Waals surface area contributed by atoms with Crippen LogP contribution < -0.4 is 11.1 Å². The number of β-lactam (4-membered cyclic amide) rings is 1. The van der Waals surface area contributed by atoms with Crippen LogP contribution in [0.1, 0.15) is 10.7 Å². The number of carbonyl (C=O) groups is 3. The van der Waals surface area contributed by atoms with E-state index in [0.29, 0.717) is 15.8 Å². The summed E-state index contributed by atoms with van der Waals surface area (Å²) in [5.41, 5.74) is 4.81. The average Bonchev–Trinajstić information content (AvgIpc) is 3.50. The Kier molecular flexibility index (Phi) is 8.63. The van der Waals surface area contributed by atoms with Crippen LogP contribution in [-0.4, -0.2) is 86.8 Å². The van der Waals surface area contributed by atoms with E-state index in [1.54, 1.807) is 10.3 Å². The summed E-state index contributed by atoms with van der Waals surface area (Å²) in [5, 5.41) is 17.1. The molecule has 0 bridgehead atoms. The second-order valence-corrected chi connectivity index (χ2v) is 13.0. The van der Waals surface area contributed by atoms with Gasteiger partial charge in [-0.25, -0.2) is 4.98 Å². The zero-order valence-corrected chi connectivity index (χ0v) is 23.7. The van der Waals surface area contributed by atoms with Gasteiger partial charge in [0.25, 0.3) is 5.91 Å². The Balaban J connectivity index is 1.46. The third kappa shape index (κ3) is 6.03. The summed E-state index contributed by atoms with van der Waals surface area (Å²) in [6, 6.07) is -0.800. The summed E-state index contributed by atoms with van der Waals surface area (Å²) in [6.45, 7) is 5.39. The van der Waals surface area contributed by atoms with E-state index >= 15 is 0 Å². The van der Waals surface area contributed by atoms with Crippen molar-refractivity contribution in [2.45, 2.75) is 22.7 Å². The highest BCUT2D eigenvalue weighted by molar-refractivity contribution is 8.01. The van der Waals surface area contributed by atoms with Gasteiger partial charge in [0, 0.05) is 28.5 Å². The van der Waals surface area contributed by atoms with Gasteiger partial charge in [0.1, 0.15) is 41.2 Å². The van der Waals surface area contributed by atoms with E-state index in [9.17, 15) is 14.4 Å². The minimum atomic E-state index is -1.01. The molecule has 2 aliphatic rings. The maximum Gasteiger partial charge on any atom is 0.315 e. The molecule has 0 aromatic carbocycles. The number of carbonyl (C=O) groups excluding carboxylic acids is 3. The lowest BCUT2D eigenvalue weighted by molar-refractivity contribution is -0.160. The van der Waals surface area contributed by atoms with Gasteiger partial charge in [-0.1, -0.05) is 46.4 Å². The van der Waals surface area contributed by atoms with E-state index in [1.165, 1.54) is 42.0 Å². The normalized spacial score (nSPS) is 23.2. The third-order valence-corrected chi connectivity index (χ3v) is 10.00. The lowest BCUT2D eigenvalue weighted by atomic mass is 9.89. The van der Waals surface area contributed by atoms with Crippen LogP contribution in [0.15, 0.2) is 26.5 Å². The zero-order valence-electron chi connectivity index (χ0n) is 19.6. The quantitative estimate of drug-likeness (QED) is 0.134. The van der Waals surface area contributed by atoms with Gasteiger partial charge < -0.3 is 25.5 Å². The van der Waals surface area contributed by atoms with Crippen LogP contribution in [0.2, 0.25) is 0 Å². The van der Waals surface area contributed by atoms with Gasteiger partial charge >= 0.3 is 5.97 Å². The van der Waals surface area contributed by atoms with Gasteiger partial charge in [0.05, 0.1) is 0 Å². The predicted molar refractivity (Wildman–Crippen MR) is 144 cm³/mol. The minimum absolute atomic E-state index is 0.0921. The molecule has 3 N–H and O–H groups in total. The maximum atomic E-state index is 13.2. The number of nitrogens with two attached hydrogens (primary N) is 1. The SMILES string of the molecule is C=C(Cl)COC(=O)C1(CSc2nnc(C)s2)CS[C@@H]2C(NC(=O)C(=NOC)c3csc(N)n3)C(=O)N2C1. The molecule has 37 heavy (non-hydrogen) atoms. The fourth-order valence-corrected chi connectivity index (χ4v) is 7.90. The third-order valence-electron chi connectivity index (χ3n) is 5.37. The smallest absolute Gasteiger partial charge is 0.315 e. The standard InChI is InChI=1S/C20H22ClN7O5S4/c1-9(21)4-33-17(31)20(8-36-19-26-25-10(2)37-19)6-28-15(30)13(16(28)35-7-20)24-14(29)12(27-32-3)11-5-34-18(22)23-11/h5,13,16H,1,4,6-8H2,2-3H3,(H2,22,23)(H,24,29)/t13?,16-,20?/m1/s1. The van der Waals surface area contributed by atoms with Crippen molar-refractivity contribution in [3.8, 4) is 0 Å². The number of oxime groups is 1. The number of esters is 1. The molecule has 0 spiro atoms. The molecule has 2 fully saturated rings. The highest BCUT2D eigenvalue weighted by Crippen LogP contribution is 2.45. The first kappa shape index (κ1) is 27.6. The first-order valence-corrected chi connectivity index (χ1v) is 14.7. The number of nitrogen functional groups attached to an aromatic ring is 1. The molecule has 4 rings (SSSR count). The number of rotatable bonds is 10. The van der Waals surface area contributed by atoms with Crippen molar-refractivity contribution in [2.75, 3.05) is 37.5 Å². The molecule has 198 valence electrons. The molecule has 2 aromatic heterocycles. The second kappa shape index (κ2) is 11.6. The number of aryl methyl sites for hydroxylation is 1. The zero-order chi connectivity index (χ0) is 26.7. The minimum Gasteiger partial charge on any atom is -0.459 e. The average molecular weight is 604 g/mol. The Morgan fingerprint density at radius 1 is 1.46 bits per heavy atom. The van der Waals surface area contributed by atoms with Gasteiger partial charge in [-0.05, 0) is 6.92 Å². The molecule has 0 saturated carbocycles. The largest absolute Gasteiger partial charge is 0.459 e. The molecule has 2 aliphatic heterocycles. The Morgan fingerprint density at radius 3 is 2.86 bits per heavy atom. The number of fused-ring (bicyclic) bond motifs is 1. The number of ether oxygens (including phenoxy) is 1. The highest BCUT2D eigenvalue weighted by atomic mass is 35.5. The van der Waals surface area contributed by atoms with E-state index in [1.807, 2.05) is 6.92 Å². The van der Waals surface area contributed by atoms with Crippen molar-refractivity contribution in [1.29, 1.82) is 0 Å². The van der Waals surface area contributed by atoms with Crippen molar-refractivity contribution in [2.24, 2.45) is 10.6 Å². The molecule has 2 aromatic rings. The number of amides is 2. The highest BCUT2D eigenvalue weighted by Gasteiger charge is 2.58. The monoisotopic (exact) mass is 603 g/mol. The lowest BCUT2D eigenvalue weighted by Crippen LogP contribution is -2.74. The van der Waals surface area contributed by atoms with E-state index in [-0.39, 0.29) is 46.0 Å². The number of nitrogens with zero attached hydrogens (tertiary/aromatic N) is 5. The van der Waals surface area contributed by atoms with Crippen molar-refractivity contribution < 1.29 is 24.0 Å². The number of hydrogen-bond acceptors (Lipinski definition) is 14. The fourth-order valence-electron chi connectivity index (χ4n) is 3.63. The predicted octanol–water partition coefficient (Wildman–Crippen LogP) is 1.71. The molecule has 0 aliphatic carbocycles. The molecule has 4 heterocycles. The summed E-state index contributed by atoms with van der Waals surface area (Å²) in [6.07, 6.45) is 0. The summed E-state index contributed by atoms with van der Waals surface area (Å²) in [4.78, 5) is 49.6. The van der Waals surface area contributed by atoms with Gasteiger partial charge in [-0.3, -0.25) is 14.4 Å². The molecule has 12 nitrogen and oxygen atoms in total. The number of hydrogen-bond donors (Lipinski definition) is 2. The first-order chi connectivity index (χ1) is 17.6. The Morgan fingerprint density at radius 2 is 2.24 bits per heavy atom. The number of thiazole rings is 1. The van der Waals surface area contributed by atoms with Gasteiger partial charge in [-0.2, -0.15) is 0 Å². The van der Waals surface area contributed by atoms with Crippen LogP contribution in [0.25, 0.3) is 0 Å². The van der Waals surface area contributed by atoms with Crippen molar-refractivity contribution in [3.05, 3.63) is 27.7 Å². The molecular formula is C20H22ClN7O5S4. The van der Waals surface area contributed by atoms with Crippen LogP contribution in [0.3, 0.4) is 0 Å². The summed E-state index contributed by atoms with van der Waals surface area (Å²) in [7, 11) is 1.30. The van der Waals surface area contributed by atoms with Crippen LogP contribution in [0, 0.1) is 12.3 Å². The number of thioether (sulfide) groups is 2. The van der Waals surface area contributed by atoms with Crippen LogP contribution in [0.5, 0.6) is 0 Å².